The van der Waals surface area contributed by atoms with Crippen LogP contribution < -0.4 is 14.8 Å². The summed E-state index contributed by atoms with van der Waals surface area (Å²) in [5.74, 6) is 0.572. The van der Waals surface area contributed by atoms with E-state index in [2.05, 4.69) is 12.2 Å². The van der Waals surface area contributed by atoms with Crippen LogP contribution in [-0.2, 0) is 16.1 Å². The fraction of sp³-hybridized carbons (Fsp3) is 0.323. The van der Waals surface area contributed by atoms with Crippen molar-refractivity contribution in [2.24, 2.45) is 4.99 Å². The average molecular weight is 564 g/mol. The minimum Gasteiger partial charge on any atom is -0.497 e. The summed E-state index contributed by atoms with van der Waals surface area (Å²) >= 11 is 1.23. The number of nitrogens with one attached hydrogen (secondary N) is 1. The Hall–Kier alpha value is -3.85. The topological polar surface area (TPSA) is 80.2 Å². The van der Waals surface area contributed by atoms with Crippen LogP contribution in [0.25, 0.3) is 0 Å². The molecule has 0 bridgehead atoms. The third kappa shape index (κ3) is 8.32. The third-order valence-electron chi connectivity index (χ3n) is 6.37. The predicted octanol–water partition coefficient (Wildman–Crippen LogP) is 6.95. The van der Waals surface area contributed by atoms with E-state index in [1.54, 1.807) is 60.5 Å². The van der Waals surface area contributed by atoms with Gasteiger partial charge in [0.1, 0.15) is 22.6 Å². The molecule has 210 valence electrons. The molecule has 3 aromatic carbocycles. The molecule has 0 radical (unpaired) electrons. The van der Waals surface area contributed by atoms with Gasteiger partial charge in [0.15, 0.2) is 5.17 Å². The summed E-state index contributed by atoms with van der Waals surface area (Å²) in [6.45, 7) is 3.06. The summed E-state index contributed by atoms with van der Waals surface area (Å²) in [6.07, 6.45) is 4.55. The van der Waals surface area contributed by atoms with E-state index in [0.717, 1.165) is 24.2 Å². The van der Waals surface area contributed by atoms with E-state index in [-0.39, 0.29) is 30.6 Å². The molecule has 0 saturated carbocycles. The lowest BCUT2D eigenvalue weighted by atomic mass is 10.2. The van der Waals surface area contributed by atoms with Crippen LogP contribution in [0.1, 0.15) is 44.6 Å². The van der Waals surface area contributed by atoms with E-state index in [4.69, 9.17) is 14.5 Å². The van der Waals surface area contributed by atoms with Crippen LogP contribution in [-0.4, -0.2) is 40.8 Å². The second kappa shape index (κ2) is 14.5. The van der Waals surface area contributed by atoms with E-state index < -0.39 is 5.25 Å². The molecular weight excluding hydrogens is 529 g/mol. The number of ether oxygens (including phenoxy) is 2. The van der Waals surface area contributed by atoms with Crippen LogP contribution in [0.4, 0.5) is 15.8 Å². The van der Waals surface area contributed by atoms with Crippen molar-refractivity contribution in [1.29, 1.82) is 0 Å². The highest BCUT2D eigenvalue weighted by Gasteiger charge is 2.36. The number of amides is 2. The summed E-state index contributed by atoms with van der Waals surface area (Å²) in [5.41, 5.74) is 2.00. The van der Waals surface area contributed by atoms with E-state index in [9.17, 15) is 14.0 Å². The standard InChI is InChI=1S/C31H34FN3O4S/c1-3-4-5-6-19-39-27-17-13-24(14-18-27)33-30(37)28-20-29(36)35(21-22-7-9-23(32)10-8-22)31(40-28)34-25-11-15-26(38-2)16-12-25/h7-18,28H,3-6,19-21H2,1-2H3,(H,33,37). The molecule has 7 nitrogen and oxygen atoms in total. The van der Waals surface area contributed by atoms with E-state index in [0.29, 0.717) is 28.9 Å². The van der Waals surface area contributed by atoms with Crippen LogP contribution in [0.15, 0.2) is 77.8 Å². The fourth-order valence-corrected chi connectivity index (χ4v) is 5.21. The van der Waals surface area contributed by atoms with Gasteiger partial charge in [0.25, 0.3) is 0 Å². The second-order valence-corrected chi connectivity index (χ2v) is 10.6. The molecule has 1 saturated heterocycles. The Morgan fingerprint density at radius 3 is 2.38 bits per heavy atom. The number of rotatable bonds is 12. The quantitative estimate of drug-likeness (QED) is 0.241. The van der Waals surface area contributed by atoms with E-state index >= 15 is 0 Å². The molecule has 1 aliphatic rings. The molecule has 1 heterocycles. The van der Waals surface area contributed by atoms with Gasteiger partial charge >= 0.3 is 0 Å². The molecule has 0 spiro atoms. The highest BCUT2D eigenvalue weighted by molar-refractivity contribution is 8.15. The Morgan fingerprint density at radius 1 is 1.00 bits per heavy atom. The fourth-order valence-electron chi connectivity index (χ4n) is 4.11. The maximum atomic E-state index is 13.4. The van der Waals surface area contributed by atoms with Gasteiger partial charge in [-0.15, -0.1) is 0 Å². The summed E-state index contributed by atoms with van der Waals surface area (Å²) in [5, 5.41) is 2.65. The minimum atomic E-state index is -0.663. The zero-order valence-corrected chi connectivity index (χ0v) is 23.6. The van der Waals surface area contributed by atoms with Gasteiger partial charge in [-0.2, -0.15) is 0 Å². The lowest BCUT2D eigenvalue weighted by Crippen LogP contribution is -2.44. The molecule has 1 aliphatic heterocycles. The van der Waals surface area contributed by atoms with Gasteiger partial charge < -0.3 is 14.8 Å². The van der Waals surface area contributed by atoms with Gasteiger partial charge in [0, 0.05) is 12.1 Å². The minimum absolute atomic E-state index is 0.0122. The van der Waals surface area contributed by atoms with E-state index in [1.165, 1.54) is 36.7 Å². The average Bonchev–Trinajstić information content (AvgIpc) is 2.97. The van der Waals surface area contributed by atoms with Gasteiger partial charge in [-0.05, 0) is 72.6 Å². The maximum absolute atomic E-state index is 13.4. The highest BCUT2D eigenvalue weighted by atomic mass is 32.2. The number of halogens is 1. The monoisotopic (exact) mass is 563 g/mol. The van der Waals surface area contributed by atoms with Crippen LogP contribution in [0, 0.1) is 5.82 Å². The Bertz CT molecular complexity index is 1300. The molecule has 40 heavy (non-hydrogen) atoms. The number of amidine groups is 1. The number of carbonyl (C=O) groups excluding carboxylic acids is 2. The van der Waals surface area contributed by atoms with Crippen molar-refractivity contribution in [1.82, 2.24) is 4.90 Å². The van der Waals surface area contributed by atoms with Gasteiger partial charge in [0.2, 0.25) is 11.8 Å². The molecule has 0 aromatic heterocycles. The zero-order chi connectivity index (χ0) is 28.3. The Kier molecular flexibility index (Phi) is 10.6. The van der Waals surface area contributed by atoms with E-state index in [1.807, 2.05) is 12.1 Å². The summed E-state index contributed by atoms with van der Waals surface area (Å²) < 4.78 is 24.4. The maximum Gasteiger partial charge on any atom is 0.238 e. The Balaban J connectivity index is 1.45. The molecule has 1 N–H and O–H groups in total. The lowest BCUT2D eigenvalue weighted by molar-refractivity contribution is -0.129. The summed E-state index contributed by atoms with van der Waals surface area (Å²) in [7, 11) is 1.58. The molecule has 0 aliphatic carbocycles. The zero-order valence-electron chi connectivity index (χ0n) is 22.8. The normalized spacial score (nSPS) is 16.2. The lowest BCUT2D eigenvalue weighted by Gasteiger charge is -2.32. The highest BCUT2D eigenvalue weighted by Crippen LogP contribution is 2.31. The second-order valence-electron chi connectivity index (χ2n) is 9.43. The first-order valence-electron chi connectivity index (χ1n) is 13.4. The first-order valence-corrected chi connectivity index (χ1v) is 14.3. The van der Waals surface area contributed by atoms with Gasteiger partial charge in [-0.25, -0.2) is 9.38 Å². The van der Waals surface area contributed by atoms with Crippen molar-refractivity contribution in [3.63, 3.8) is 0 Å². The molecule has 9 heteroatoms. The number of unbranched alkanes of at least 4 members (excludes halogenated alkanes) is 3. The van der Waals surface area contributed by atoms with Crippen LogP contribution in [0.5, 0.6) is 11.5 Å². The van der Waals surface area contributed by atoms with Gasteiger partial charge in [-0.1, -0.05) is 50.1 Å². The van der Waals surface area contributed by atoms with Crippen molar-refractivity contribution in [3.05, 3.63) is 84.2 Å². The molecule has 4 rings (SSSR count). The molecule has 2 amide bonds. The Morgan fingerprint density at radius 2 is 1.70 bits per heavy atom. The number of thioether (sulfide) groups is 1. The van der Waals surface area contributed by atoms with Crippen molar-refractivity contribution in [3.8, 4) is 11.5 Å². The number of hydrogen-bond acceptors (Lipinski definition) is 6. The number of carbonyl (C=O) groups is 2. The Labute approximate surface area is 238 Å². The SMILES string of the molecule is CCCCCCOc1ccc(NC(=O)C2CC(=O)N(Cc3ccc(F)cc3)C(=Nc3ccc(OC)cc3)S2)cc1. The number of hydrogen-bond donors (Lipinski definition) is 1. The van der Waals surface area contributed by atoms with Crippen molar-refractivity contribution in [2.75, 3.05) is 19.0 Å². The van der Waals surface area contributed by atoms with Crippen molar-refractivity contribution in [2.45, 2.75) is 50.8 Å². The molecule has 1 fully saturated rings. The smallest absolute Gasteiger partial charge is 0.238 e. The third-order valence-corrected chi connectivity index (χ3v) is 7.56. The number of anilines is 1. The van der Waals surface area contributed by atoms with Gasteiger partial charge in [0.05, 0.1) is 25.9 Å². The van der Waals surface area contributed by atoms with Crippen LogP contribution in [0.3, 0.4) is 0 Å². The molecule has 1 atom stereocenters. The number of methoxy groups -OCH3 is 1. The van der Waals surface area contributed by atoms with Crippen LogP contribution in [0.2, 0.25) is 0 Å². The predicted molar refractivity (Wildman–Crippen MR) is 158 cm³/mol. The van der Waals surface area contributed by atoms with Crippen LogP contribution >= 0.6 is 11.8 Å². The first kappa shape index (κ1) is 29.1. The first-order chi connectivity index (χ1) is 19.4. The van der Waals surface area contributed by atoms with Crippen molar-refractivity contribution < 1.29 is 23.5 Å². The van der Waals surface area contributed by atoms with Gasteiger partial charge in [-0.3, -0.25) is 14.5 Å². The molecule has 1 unspecified atom stereocenters. The molecular formula is C31H34FN3O4S. The number of benzene rings is 3. The summed E-state index contributed by atoms with van der Waals surface area (Å²) in [6, 6.07) is 20.4. The molecule has 3 aromatic rings. The van der Waals surface area contributed by atoms with Crippen molar-refractivity contribution >= 4 is 40.1 Å². The number of nitrogens with zero attached hydrogens (tertiary/aromatic N) is 2. The number of aliphatic imine (C=N–C) groups is 1. The summed E-state index contributed by atoms with van der Waals surface area (Å²) in [4.78, 5) is 32.7. The largest absolute Gasteiger partial charge is 0.497 e.